The van der Waals surface area contributed by atoms with Crippen LogP contribution in [0.4, 0.5) is 0 Å². The summed E-state index contributed by atoms with van der Waals surface area (Å²) in [4.78, 5) is 0. The molecule has 1 unspecified atom stereocenters. The Hall–Kier alpha value is -0.0800. The van der Waals surface area contributed by atoms with E-state index in [1.165, 1.54) is 38.5 Å². The summed E-state index contributed by atoms with van der Waals surface area (Å²) in [6, 6.07) is 0. The van der Waals surface area contributed by atoms with Crippen molar-refractivity contribution in [3.63, 3.8) is 0 Å². The zero-order valence-corrected chi connectivity index (χ0v) is 11.3. The Balaban J connectivity index is 2.31. The highest BCUT2D eigenvalue weighted by Gasteiger charge is 2.29. The third-order valence-electron chi connectivity index (χ3n) is 3.82. The lowest BCUT2D eigenvalue weighted by Crippen LogP contribution is -2.36. The van der Waals surface area contributed by atoms with Crippen LogP contribution in [0.2, 0.25) is 0 Å². The first-order valence-electron chi connectivity index (χ1n) is 6.98. The van der Waals surface area contributed by atoms with Gasteiger partial charge < -0.3 is 10.1 Å². The summed E-state index contributed by atoms with van der Waals surface area (Å²) >= 11 is 0. The molecule has 0 heterocycles. The van der Waals surface area contributed by atoms with Gasteiger partial charge in [0.2, 0.25) is 0 Å². The molecule has 0 radical (unpaired) electrons. The van der Waals surface area contributed by atoms with Crippen molar-refractivity contribution in [2.45, 2.75) is 52.4 Å². The molecule has 1 atom stereocenters. The lowest BCUT2D eigenvalue weighted by Gasteiger charge is -2.32. The second kappa shape index (κ2) is 7.29. The van der Waals surface area contributed by atoms with E-state index in [2.05, 4.69) is 26.2 Å². The van der Waals surface area contributed by atoms with Crippen molar-refractivity contribution in [1.82, 2.24) is 5.32 Å². The van der Waals surface area contributed by atoms with Gasteiger partial charge in [-0.3, -0.25) is 0 Å². The first-order valence-corrected chi connectivity index (χ1v) is 6.98. The molecule has 1 aliphatic rings. The fraction of sp³-hybridized carbons (Fsp3) is 1.00. The molecule has 0 aliphatic heterocycles. The monoisotopic (exact) mass is 227 g/mol. The third-order valence-corrected chi connectivity index (χ3v) is 3.82. The van der Waals surface area contributed by atoms with Gasteiger partial charge in [0.1, 0.15) is 0 Å². The molecule has 0 saturated heterocycles. The molecule has 1 aliphatic carbocycles. The van der Waals surface area contributed by atoms with Crippen LogP contribution in [-0.4, -0.2) is 26.8 Å². The van der Waals surface area contributed by atoms with E-state index in [9.17, 15) is 0 Å². The Morgan fingerprint density at radius 3 is 2.56 bits per heavy atom. The number of unbranched alkanes of at least 4 members (excludes halogenated alkanes) is 1. The normalized spacial score (nSPS) is 19.7. The van der Waals surface area contributed by atoms with Crippen LogP contribution in [0.1, 0.15) is 52.4 Å². The highest BCUT2D eigenvalue weighted by atomic mass is 16.5. The average Bonchev–Trinajstić information content (AvgIpc) is 3.10. The topological polar surface area (TPSA) is 21.3 Å². The van der Waals surface area contributed by atoms with E-state index < -0.39 is 0 Å². The van der Waals surface area contributed by atoms with Crippen molar-refractivity contribution in [2.75, 3.05) is 26.8 Å². The minimum Gasteiger partial charge on any atom is -0.381 e. The Kier molecular flexibility index (Phi) is 6.37. The third kappa shape index (κ3) is 4.84. The molecule has 1 N–H and O–H groups in total. The van der Waals surface area contributed by atoms with E-state index in [1.54, 1.807) is 0 Å². The summed E-state index contributed by atoms with van der Waals surface area (Å²) in [6.07, 6.45) is 7.90. The molecule has 0 spiro atoms. The van der Waals surface area contributed by atoms with E-state index in [-0.39, 0.29) is 0 Å². The van der Waals surface area contributed by atoms with E-state index >= 15 is 0 Å². The Morgan fingerprint density at radius 1 is 1.31 bits per heavy atom. The highest BCUT2D eigenvalue weighted by Crippen LogP contribution is 2.32. The van der Waals surface area contributed by atoms with Crippen LogP contribution in [0.5, 0.6) is 0 Å². The zero-order chi connectivity index (χ0) is 11.9. The second-order valence-electron chi connectivity index (χ2n) is 5.45. The molecule has 2 heteroatoms. The standard InChI is InChI=1S/C14H29NO/c1-4-6-9-14(5-2,11-15-3)12-16-10-13-7-8-13/h13,15H,4-12H2,1-3H3. The molecule has 0 aromatic carbocycles. The zero-order valence-electron chi connectivity index (χ0n) is 11.3. The van der Waals surface area contributed by atoms with Gasteiger partial charge in [-0.15, -0.1) is 0 Å². The van der Waals surface area contributed by atoms with Crippen molar-refractivity contribution >= 4 is 0 Å². The van der Waals surface area contributed by atoms with Crippen molar-refractivity contribution in [1.29, 1.82) is 0 Å². The molecular formula is C14H29NO. The van der Waals surface area contributed by atoms with Crippen molar-refractivity contribution in [3.05, 3.63) is 0 Å². The van der Waals surface area contributed by atoms with Crippen LogP contribution in [0.25, 0.3) is 0 Å². The number of ether oxygens (including phenoxy) is 1. The van der Waals surface area contributed by atoms with Crippen LogP contribution >= 0.6 is 0 Å². The summed E-state index contributed by atoms with van der Waals surface area (Å²) in [6.45, 7) is 7.60. The van der Waals surface area contributed by atoms with Gasteiger partial charge in [0.05, 0.1) is 6.61 Å². The predicted octanol–water partition coefficient (Wildman–Crippen LogP) is 3.22. The number of rotatable bonds is 10. The summed E-state index contributed by atoms with van der Waals surface area (Å²) in [5, 5.41) is 3.34. The average molecular weight is 227 g/mol. The fourth-order valence-electron chi connectivity index (χ4n) is 2.27. The molecule has 1 rings (SSSR count). The molecule has 16 heavy (non-hydrogen) atoms. The maximum absolute atomic E-state index is 5.92. The summed E-state index contributed by atoms with van der Waals surface area (Å²) in [5.41, 5.74) is 0.375. The minimum absolute atomic E-state index is 0.375. The van der Waals surface area contributed by atoms with Crippen LogP contribution < -0.4 is 5.32 Å². The van der Waals surface area contributed by atoms with Crippen molar-refractivity contribution < 1.29 is 4.74 Å². The highest BCUT2D eigenvalue weighted by molar-refractivity contribution is 4.80. The lowest BCUT2D eigenvalue weighted by molar-refractivity contribution is 0.0294. The van der Waals surface area contributed by atoms with Crippen LogP contribution in [0.3, 0.4) is 0 Å². The largest absolute Gasteiger partial charge is 0.381 e. The van der Waals surface area contributed by atoms with Gasteiger partial charge in [-0.25, -0.2) is 0 Å². The van der Waals surface area contributed by atoms with Gasteiger partial charge in [0.15, 0.2) is 0 Å². The minimum atomic E-state index is 0.375. The summed E-state index contributed by atoms with van der Waals surface area (Å²) < 4.78 is 5.92. The maximum Gasteiger partial charge on any atom is 0.0534 e. The van der Waals surface area contributed by atoms with Crippen LogP contribution in [-0.2, 0) is 4.74 Å². The molecule has 96 valence electrons. The van der Waals surface area contributed by atoms with Crippen molar-refractivity contribution in [2.24, 2.45) is 11.3 Å². The quantitative estimate of drug-likeness (QED) is 0.619. The Bertz CT molecular complexity index is 180. The summed E-state index contributed by atoms with van der Waals surface area (Å²) in [5.74, 6) is 0.885. The fourth-order valence-corrected chi connectivity index (χ4v) is 2.27. The number of hydrogen-bond donors (Lipinski definition) is 1. The molecule has 1 fully saturated rings. The first-order chi connectivity index (χ1) is 7.76. The van der Waals surface area contributed by atoms with E-state index in [4.69, 9.17) is 4.74 Å². The maximum atomic E-state index is 5.92. The van der Waals surface area contributed by atoms with Crippen LogP contribution in [0.15, 0.2) is 0 Å². The first kappa shape index (κ1) is 14.0. The van der Waals surface area contributed by atoms with Crippen molar-refractivity contribution in [3.8, 4) is 0 Å². The Morgan fingerprint density at radius 2 is 2.06 bits per heavy atom. The number of nitrogens with one attached hydrogen (secondary N) is 1. The Labute approximate surface area is 101 Å². The molecule has 0 amide bonds. The van der Waals surface area contributed by atoms with Crippen LogP contribution in [0, 0.1) is 11.3 Å². The smallest absolute Gasteiger partial charge is 0.0534 e. The molecular weight excluding hydrogens is 198 g/mol. The molecule has 1 saturated carbocycles. The predicted molar refractivity (Wildman–Crippen MR) is 69.7 cm³/mol. The molecule has 0 aromatic rings. The summed E-state index contributed by atoms with van der Waals surface area (Å²) in [7, 11) is 2.05. The SMILES string of the molecule is CCCCC(CC)(CNC)COCC1CC1. The van der Waals surface area contributed by atoms with Gasteiger partial charge in [0, 0.05) is 18.6 Å². The second-order valence-corrected chi connectivity index (χ2v) is 5.45. The lowest BCUT2D eigenvalue weighted by atomic mass is 9.81. The number of hydrogen-bond acceptors (Lipinski definition) is 2. The van der Waals surface area contributed by atoms with Gasteiger partial charge >= 0.3 is 0 Å². The van der Waals surface area contributed by atoms with E-state index in [1.807, 2.05) is 0 Å². The van der Waals surface area contributed by atoms with E-state index in [0.717, 1.165) is 25.7 Å². The van der Waals surface area contributed by atoms with E-state index in [0.29, 0.717) is 5.41 Å². The van der Waals surface area contributed by atoms with Gasteiger partial charge in [-0.05, 0) is 38.6 Å². The molecule has 0 bridgehead atoms. The molecule has 2 nitrogen and oxygen atoms in total. The van der Waals surface area contributed by atoms with Gasteiger partial charge in [-0.2, -0.15) is 0 Å². The van der Waals surface area contributed by atoms with Gasteiger partial charge in [0.25, 0.3) is 0 Å². The van der Waals surface area contributed by atoms with Gasteiger partial charge in [-0.1, -0.05) is 26.7 Å². The molecule has 0 aromatic heterocycles.